The van der Waals surface area contributed by atoms with Gasteiger partial charge in [-0.25, -0.2) is 4.98 Å². The molecule has 0 saturated carbocycles. The SMILES string of the molecule is CCc1ccc(NC(=O)c2cccc(C(=O)Nc3ccc4c(c3)OCO4)n2)cc1. The van der Waals surface area contributed by atoms with Gasteiger partial charge >= 0.3 is 0 Å². The molecule has 0 radical (unpaired) electrons. The lowest BCUT2D eigenvalue weighted by molar-refractivity contribution is 0.101. The van der Waals surface area contributed by atoms with Crippen LogP contribution in [0.4, 0.5) is 11.4 Å². The molecular weight excluding hydrogens is 370 g/mol. The molecule has 7 nitrogen and oxygen atoms in total. The number of aryl methyl sites for hydroxylation is 1. The molecule has 1 aliphatic rings. The van der Waals surface area contributed by atoms with Crippen molar-refractivity contribution in [3.8, 4) is 11.5 Å². The third kappa shape index (κ3) is 4.19. The molecule has 4 rings (SSSR count). The Morgan fingerprint density at radius 2 is 1.48 bits per heavy atom. The molecule has 0 spiro atoms. The standard InChI is InChI=1S/C22H19N3O4/c1-2-14-6-8-15(9-7-14)23-21(26)17-4-3-5-18(25-17)22(27)24-16-10-11-19-20(12-16)29-13-28-19/h3-12H,2,13H2,1H3,(H,23,26)(H,24,27). The van der Waals surface area contributed by atoms with Gasteiger partial charge in [-0.05, 0) is 48.4 Å². The number of pyridine rings is 1. The molecule has 0 bridgehead atoms. The number of anilines is 2. The molecule has 0 saturated heterocycles. The van der Waals surface area contributed by atoms with Crippen LogP contribution in [0.2, 0.25) is 0 Å². The fourth-order valence-electron chi connectivity index (χ4n) is 2.88. The zero-order valence-electron chi connectivity index (χ0n) is 15.8. The summed E-state index contributed by atoms with van der Waals surface area (Å²) in [6.45, 7) is 2.23. The molecule has 0 atom stereocenters. The first-order chi connectivity index (χ1) is 14.1. The van der Waals surface area contributed by atoms with Gasteiger partial charge in [0.05, 0.1) is 0 Å². The molecule has 29 heavy (non-hydrogen) atoms. The van der Waals surface area contributed by atoms with Gasteiger partial charge in [0, 0.05) is 17.4 Å². The Hall–Kier alpha value is -3.87. The third-order valence-corrected chi connectivity index (χ3v) is 4.46. The number of hydrogen-bond donors (Lipinski definition) is 2. The Morgan fingerprint density at radius 3 is 2.17 bits per heavy atom. The second-order valence-corrected chi connectivity index (χ2v) is 6.43. The Labute approximate surface area is 167 Å². The first kappa shape index (κ1) is 18.5. The van der Waals surface area contributed by atoms with E-state index in [1.54, 1.807) is 36.4 Å². The highest BCUT2D eigenvalue weighted by Crippen LogP contribution is 2.34. The Balaban J connectivity index is 1.45. The molecule has 0 unspecified atom stereocenters. The number of aromatic nitrogens is 1. The largest absolute Gasteiger partial charge is 0.454 e. The predicted molar refractivity (Wildman–Crippen MR) is 109 cm³/mol. The monoisotopic (exact) mass is 389 g/mol. The number of nitrogens with zero attached hydrogens (tertiary/aromatic N) is 1. The summed E-state index contributed by atoms with van der Waals surface area (Å²) in [6, 6.07) is 17.4. The molecule has 2 heterocycles. The fraction of sp³-hybridized carbons (Fsp3) is 0.136. The van der Waals surface area contributed by atoms with Crippen LogP contribution in [0.25, 0.3) is 0 Å². The van der Waals surface area contributed by atoms with E-state index in [1.807, 2.05) is 24.3 Å². The zero-order chi connectivity index (χ0) is 20.2. The first-order valence-corrected chi connectivity index (χ1v) is 9.21. The van der Waals surface area contributed by atoms with Crippen LogP contribution in [0.3, 0.4) is 0 Å². The first-order valence-electron chi connectivity index (χ1n) is 9.21. The maximum absolute atomic E-state index is 12.5. The lowest BCUT2D eigenvalue weighted by atomic mass is 10.1. The van der Waals surface area contributed by atoms with Gasteiger partial charge in [-0.15, -0.1) is 0 Å². The number of fused-ring (bicyclic) bond motifs is 1. The molecule has 2 N–H and O–H groups in total. The van der Waals surface area contributed by atoms with E-state index < -0.39 is 5.91 Å². The van der Waals surface area contributed by atoms with Gasteiger partial charge in [0.15, 0.2) is 11.5 Å². The number of ether oxygens (including phenoxy) is 2. The Bertz CT molecular complexity index is 1060. The van der Waals surface area contributed by atoms with Crippen LogP contribution in [-0.4, -0.2) is 23.6 Å². The van der Waals surface area contributed by atoms with Crippen LogP contribution in [0, 0.1) is 0 Å². The minimum atomic E-state index is -0.425. The zero-order valence-corrected chi connectivity index (χ0v) is 15.8. The van der Waals surface area contributed by atoms with Crippen molar-refractivity contribution >= 4 is 23.2 Å². The van der Waals surface area contributed by atoms with Crippen molar-refractivity contribution in [1.82, 2.24) is 4.98 Å². The van der Waals surface area contributed by atoms with E-state index in [1.165, 1.54) is 5.56 Å². The number of carbonyl (C=O) groups excluding carboxylic acids is 2. The molecule has 1 aromatic heterocycles. The highest BCUT2D eigenvalue weighted by atomic mass is 16.7. The Kier molecular flexibility index (Phi) is 5.11. The molecule has 146 valence electrons. The number of rotatable bonds is 5. The van der Waals surface area contributed by atoms with Crippen molar-refractivity contribution in [2.75, 3.05) is 17.4 Å². The van der Waals surface area contributed by atoms with Crippen molar-refractivity contribution in [2.24, 2.45) is 0 Å². The van der Waals surface area contributed by atoms with Crippen molar-refractivity contribution in [1.29, 1.82) is 0 Å². The molecular formula is C22H19N3O4. The normalized spacial score (nSPS) is 11.8. The minimum absolute atomic E-state index is 0.136. The summed E-state index contributed by atoms with van der Waals surface area (Å²) < 4.78 is 10.6. The summed E-state index contributed by atoms with van der Waals surface area (Å²) in [7, 11) is 0. The highest BCUT2D eigenvalue weighted by Gasteiger charge is 2.16. The molecule has 2 amide bonds. The summed E-state index contributed by atoms with van der Waals surface area (Å²) in [6.07, 6.45) is 0.927. The fourth-order valence-corrected chi connectivity index (χ4v) is 2.88. The van der Waals surface area contributed by atoms with Gasteiger partial charge in [0.2, 0.25) is 6.79 Å². The van der Waals surface area contributed by atoms with Crippen LogP contribution in [0.15, 0.2) is 60.7 Å². The average molecular weight is 389 g/mol. The van der Waals surface area contributed by atoms with Crippen LogP contribution >= 0.6 is 0 Å². The van der Waals surface area contributed by atoms with E-state index in [0.29, 0.717) is 22.9 Å². The quantitative estimate of drug-likeness (QED) is 0.691. The van der Waals surface area contributed by atoms with Gasteiger partial charge in [0.25, 0.3) is 11.8 Å². The van der Waals surface area contributed by atoms with Crippen molar-refractivity contribution in [3.05, 3.63) is 77.6 Å². The molecule has 0 aliphatic carbocycles. The van der Waals surface area contributed by atoms with E-state index in [9.17, 15) is 9.59 Å². The number of hydrogen-bond acceptors (Lipinski definition) is 5. The van der Waals surface area contributed by atoms with E-state index >= 15 is 0 Å². The van der Waals surface area contributed by atoms with Gasteiger partial charge < -0.3 is 20.1 Å². The van der Waals surface area contributed by atoms with Crippen molar-refractivity contribution < 1.29 is 19.1 Å². The summed E-state index contributed by atoms with van der Waals surface area (Å²) >= 11 is 0. The van der Waals surface area contributed by atoms with E-state index in [2.05, 4.69) is 22.5 Å². The summed E-state index contributed by atoms with van der Waals surface area (Å²) in [5, 5.41) is 5.54. The minimum Gasteiger partial charge on any atom is -0.454 e. The maximum Gasteiger partial charge on any atom is 0.274 e. The third-order valence-electron chi connectivity index (χ3n) is 4.46. The van der Waals surface area contributed by atoms with Gasteiger partial charge in [0.1, 0.15) is 11.4 Å². The number of benzene rings is 2. The topological polar surface area (TPSA) is 89.6 Å². The Morgan fingerprint density at radius 1 is 0.862 bits per heavy atom. The number of amides is 2. The van der Waals surface area contributed by atoms with Crippen LogP contribution < -0.4 is 20.1 Å². The molecule has 1 aliphatic heterocycles. The van der Waals surface area contributed by atoms with Gasteiger partial charge in [-0.3, -0.25) is 9.59 Å². The smallest absolute Gasteiger partial charge is 0.274 e. The molecule has 0 fully saturated rings. The average Bonchev–Trinajstić information content (AvgIpc) is 3.22. The number of nitrogens with one attached hydrogen (secondary N) is 2. The van der Waals surface area contributed by atoms with E-state index in [0.717, 1.165) is 6.42 Å². The van der Waals surface area contributed by atoms with Gasteiger partial charge in [-0.2, -0.15) is 0 Å². The summed E-state index contributed by atoms with van der Waals surface area (Å²) in [5.74, 6) is 0.391. The van der Waals surface area contributed by atoms with E-state index in [4.69, 9.17) is 9.47 Å². The van der Waals surface area contributed by atoms with Crippen LogP contribution in [-0.2, 0) is 6.42 Å². The summed E-state index contributed by atoms with van der Waals surface area (Å²) in [5.41, 5.74) is 2.69. The molecule has 2 aromatic carbocycles. The van der Waals surface area contributed by atoms with Crippen molar-refractivity contribution in [3.63, 3.8) is 0 Å². The predicted octanol–water partition coefficient (Wildman–Crippen LogP) is 3.88. The van der Waals surface area contributed by atoms with Crippen molar-refractivity contribution in [2.45, 2.75) is 13.3 Å². The van der Waals surface area contributed by atoms with Crippen LogP contribution in [0.1, 0.15) is 33.5 Å². The second kappa shape index (κ2) is 8.02. The molecule has 7 heteroatoms. The summed E-state index contributed by atoms with van der Waals surface area (Å²) in [4.78, 5) is 29.2. The second-order valence-electron chi connectivity index (χ2n) is 6.43. The van der Waals surface area contributed by atoms with E-state index in [-0.39, 0.29) is 24.1 Å². The number of carbonyl (C=O) groups is 2. The maximum atomic E-state index is 12.5. The van der Waals surface area contributed by atoms with Crippen LogP contribution in [0.5, 0.6) is 11.5 Å². The highest BCUT2D eigenvalue weighted by molar-refractivity contribution is 6.06. The molecule has 3 aromatic rings. The van der Waals surface area contributed by atoms with Gasteiger partial charge in [-0.1, -0.05) is 25.1 Å². The lowest BCUT2D eigenvalue weighted by Crippen LogP contribution is -2.18. The lowest BCUT2D eigenvalue weighted by Gasteiger charge is -2.08.